The molecule has 1 aliphatic heterocycles. The number of benzene rings is 1. The summed E-state index contributed by atoms with van der Waals surface area (Å²) in [5, 5.41) is 0. The number of hydrogen-bond donors (Lipinski definition) is 0. The van der Waals surface area contributed by atoms with Crippen molar-refractivity contribution in [2.24, 2.45) is 0 Å². The minimum absolute atomic E-state index is 0.0651. The van der Waals surface area contributed by atoms with E-state index in [4.69, 9.17) is 0 Å². The summed E-state index contributed by atoms with van der Waals surface area (Å²) < 4.78 is 39.4. The lowest BCUT2D eigenvalue weighted by Crippen LogP contribution is -2.47. The van der Waals surface area contributed by atoms with Gasteiger partial charge in [-0.05, 0) is 12.1 Å². The molecule has 0 unspecified atom stereocenters. The highest BCUT2D eigenvalue weighted by atomic mass is 19.4. The second kappa shape index (κ2) is 6.78. The van der Waals surface area contributed by atoms with Gasteiger partial charge in [0.25, 0.3) is 0 Å². The molecule has 0 saturated carbocycles. The molecular formula is C17H20F3N5. The molecule has 5 nitrogen and oxygen atoms in total. The lowest BCUT2D eigenvalue weighted by Gasteiger charge is -2.37. The van der Waals surface area contributed by atoms with E-state index in [1.165, 1.54) is 4.90 Å². The van der Waals surface area contributed by atoms with Gasteiger partial charge in [-0.1, -0.05) is 18.2 Å². The summed E-state index contributed by atoms with van der Waals surface area (Å²) >= 11 is 0. The van der Waals surface area contributed by atoms with Crippen LogP contribution < -0.4 is 14.7 Å². The average Bonchev–Trinajstić information content (AvgIpc) is 2.61. The number of hydrogen-bond acceptors (Lipinski definition) is 5. The highest BCUT2D eigenvalue weighted by Gasteiger charge is 2.34. The van der Waals surface area contributed by atoms with Gasteiger partial charge >= 0.3 is 6.18 Å². The molecule has 0 aliphatic carbocycles. The summed E-state index contributed by atoms with van der Waals surface area (Å²) in [5.41, 5.74) is 0.210. The van der Waals surface area contributed by atoms with Crippen LogP contribution in [0.15, 0.2) is 36.4 Å². The largest absolute Gasteiger partial charge is 0.433 e. The van der Waals surface area contributed by atoms with Crippen LogP contribution in [-0.2, 0) is 6.18 Å². The molecule has 0 radical (unpaired) electrons. The molecule has 1 saturated heterocycles. The third-order valence-corrected chi connectivity index (χ3v) is 4.12. The van der Waals surface area contributed by atoms with E-state index in [1.807, 2.05) is 35.2 Å². The van der Waals surface area contributed by atoms with E-state index in [-0.39, 0.29) is 5.95 Å². The molecule has 0 bridgehead atoms. The van der Waals surface area contributed by atoms with E-state index < -0.39 is 11.9 Å². The molecule has 0 amide bonds. The van der Waals surface area contributed by atoms with Crippen molar-refractivity contribution in [2.45, 2.75) is 6.18 Å². The molecule has 1 aromatic carbocycles. The summed E-state index contributed by atoms with van der Waals surface area (Å²) in [6.45, 7) is 2.67. The molecule has 8 heteroatoms. The number of halogens is 3. The average molecular weight is 351 g/mol. The maximum atomic E-state index is 13.1. The van der Waals surface area contributed by atoms with Crippen LogP contribution in [0.3, 0.4) is 0 Å². The quantitative estimate of drug-likeness (QED) is 0.850. The van der Waals surface area contributed by atoms with Gasteiger partial charge in [-0.15, -0.1) is 0 Å². The third-order valence-electron chi connectivity index (χ3n) is 4.12. The number of piperazine rings is 1. The van der Waals surface area contributed by atoms with E-state index in [9.17, 15) is 13.2 Å². The fraction of sp³-hybridized carbons (Fsp3) is 0.412. The Kier molecular flexibility index (Phi) is 4.69. The molecule has 25 heavy (non-hydrogen) atoms. The van der Waals surface area contributed by atoms with Gasteiger partial charge < -0.3 is 14.7 Å². The van der Waals surface area contributed by atoms with Crippen LogP contribution in [0.25, 0.3) is 0 Å². The maximum Gasteiger partial charge on any atom is 0.433 e. The van der Waals surface area contributed by atoms with Crippen molar-refractivity contribution in [3.63, 3.8) is 0 Å². The first kappa shape index (κ1) is 17.3. The Morgan fingerprint density at radius 3 is 2.08 bits per heavy atom. The van der Waals surface area contributed by atoms with Gasteiger partial charge in [0.05, 0.1) is 0 Å². The molecule has 1 aromatic heterocycles. The van der Waals surface area contributed by atoms with Crippen LogP contribution in [-0.4, -0.2) is 50.2 Å². The van der Waals surface area contributed by atoms with Gasteiger partial charge in [0.1, 0.15) is 5.82 Å². The normalized spacial score (nSPS) is 15.4. The molecule has 1 fully saturated rings. The Labute approximate surface area is 144 Å². The standard InChI is InChI=1S/C17H20F3N5/c1-23(2)16-21-14(17(18,19)20)12-15(22-16)25-10-8-24(9-11-25)13-6-4-3-5-7-13/h3-7,12H,8-11H2,1-2H3. The van der Waals surface area contributed by atoms with Crippen molar-refractivity contribution in [1.82, 2.24) is 9.97 Å². The Hall–Kier alpha value is -2.51. The van der Waals surface area contributed by atoms with E-state index in [2.05, 4.69) is 14.9 Å². The maximum absolute atomic E-state index is 13.1. The number of para-hydroxylation sites is 1. The second-order valence-corrected chi connectivity index (χ2v) is 6.11. The predicted molar refractivity (Wildman–Crippen MR) is 92.2 cm³/mol. The molecule has 0 spiro atoms. The summed E-state index contributed by atoms with van der Waals surface area (Å²) in [6, 6.07) is 11.0. The van der Waals surface area contributed by atoms with Gasteiger partial charge in [0.15, 0.2) is 5.69 Å². The van der Waals surface area contributed by atoms with Crippen molar-refractivity contribution in [3.8, 4) is 0 Å². The van der Waals surface area contributed by atoms with Gasteiger partial charge in [0, 0.05) is 52.0 Å². The highest BCUT2D eigenvalue weighted by molar-refractivity contribution is 5.51. The molecule has 0 atom stereocenters. The number of rotatable bonds is 3. The number of aromatic nitrogens is 2. The van der Waals surface area contributed by atoms with Gasteiger partial charge in [-0.25, -0.2) is 4.98 Å². The van der Waals surface area contributed by atoms with E-state index >= 15 is 0 Å². The predicted octanol–water partition coefficient (Wildman–Crippen LogP) is 2.89. The Morgan fingerprint density at radius 2 is 1.52 bits per heavy atom. The molecule has 134 valence electrons. The summed E-state index contributed by atoms with van der Waals surface area (Å²) in [4.78, 5) is 13.5. The zero-order chi connectivity index (χ0) is 18.0. The Bertz CT molecular complexity index is 710. The van der Waals surface area contributed by atoms with Crippen LogP contribution in [0.2, 0.25) is 0 Å². The monoisotopic (exact) mass is 351 g/mol. The number of alkyl halides is 3. The van der Waals surface area contributed by atoms with Crippen LogP contribution in [0.4, 0.5) is 30.6 Å². The van der Waals surface area contributed by atoms with E-state index in [1.54, 1.807) is 14.1 Å². The smallest absolute Gasteiger partial charge is 0.368 e. The second-order valence-electron chi connectivity index (χ2n) is 6.11. The molecule has 1 aliphatic rings. The molecule has 0 N–H and O–H groups in total. The Morgan fingerprint density at radius 1 is 0.920 bits per heavy atom. The zero-order valence-electron chi connectivity index (χ0n) is 14.2. The van der Waals surface area contributed by atoms with Crippen LogP contribution in [0.5, 0.6) is 0 Å². The summed E-state index contributed by atoms with van der Waals surface area (Å²) in [7, 11) is 3.26. The minimum Gasteiger partial charge on any atom is -0.368 e. The van der Waals surface area contributed by atoms with E-state index in [0.29, 0.717) is 18.9 Å². The van der Waals surface area contributed by atoms with Gasteiger partial charge in [-0.3, -0.25) is 0 Å². The number of nitrogens with zero attached hydrogens (tertiary/aromatic N) is 5. The van der Waals surface area contributed by atoms with Gasteiger partial charge in [-0.2, -0.15) is 18.2 Å². The molecule has 2 aromatic rings. The minimum atomic E-state index is -4.49. The van der Waals surface area contributed by atoms with E-state index in [0.717, 1.165) is 24.8 Å². The van der Waals surface area contributed by atoms with Crippen LogP contribution in [0.1, 0.15) is 5.69 Å². The molecule has 2 heterocycles. The highest BCUT2D eigenvalue weighted by Crippen LogP contribution is 2.31. The zero-order valence-corrected chi connectivity index (χ0v) is 14.2. The van der Waals surface area contributed by atoms with Crippen molar-refractivity contribution in [3.05, 3.63) is 42.1 Å². The SMILES string of the molecule is CN(C)c1nc(N2CCN(c3ccccc3)CC2)cc(C(F)(F)F)n1. The first-order valence-electron chi connectivity index (χ1n) is 8.03. The van der Waals surface area contributed by atoms with Crippen molar-refractivity contribution in [2.75, 3.05) is 55.0 Å². The number of anilines is 3. The van der Waals surface area contributed by atoms with Crippen LogP contribution in [0, 0.1) is 0 Å². The van der Waals surface area contributed by atoms with Crippen molar-refractivity contribution < 1.29 is 13.2 Å². The van der Waals surface area contributed by atoms with Crippen LogP contribution >= 0.6 is 0 Å². The third kappa shape index (κ3) is 3.94. The van der Waals surface area contributed by atoms with Gasteiger partial charge in [0.2, 0.25) is 5.95 Å². The fourth-order valence-electron chi connectivity index (χ4n) is 2.76. The lowest BCUT2D eigenvalue weighted by molar-refractivity contribution is -0.141. The Balaban J connectivity index is 1.79. The molecular weight excluding hydrogens is 331 g/mol. The fourth-order valence-corrected chi connectivity index (χ4v) is 2.76. The van der Waals surface area contributed by atoms with Crippen molar-refractivity contribution in [1.29, 1.82) is 0 Å². The topological polar surface area (TPSA) is 35.5 Å². The lowest BCUT2D eigenvalue weighted by atomic mass is 10.2. The molecule has 3 rings (SSSR count). The first-order chi connectivity index (χ1) is 11.8. The first-order valence-corrected chi connectivity index (χ1v) is 8.03. The van der Waals surface area contributed by atoms with Crippen molar-refractivity contribution >= 4 is 17.5 Å². The summed E-state index contributed by atoms with van der Waals surface area (Å²) in [5.74, 6) is 0.383. The summed E-state index contributed by atoms with van der Waals surface area (Å²) in [6.07, 6.45) is -4.49.